The van der Waals surface area contributed by atoms with Crippen molar-refractivity contribution >= 4 is 29.3 Å². The zero-order chi connectivity index (χ0) is 17.4. The van der Waals surface area contributed by atoms with Gasteiger partial charge in [0, 0.05) is 23.9 Å². The number of nitrogens with zero attached hydrogens (tertiary/aromatic N) is 1. The average Bonchev–Trinajstić information content (AvgIpc) is 2.59. The third kappa shape index (κ3) is 5.38. The molecule has 7 nitrogen and oxygen atoms in total. The van der Waals surface area contributed by atoms with Crippen molar-refractivity contribution in [2.45, 2.75) is 0 Å². The molecule has 0 fully saturated rings. The fraction of sp³-hybridized carbons (Fsp3) is 0.0588. The van der Waals surface area contributed by atoms with Crippen LogP contribution in [0.4, 0.5) is 11.4 Å². The SMILES string of the molecule is O=C(/C=C/c1ccccc1)NCC(=O)Nc1cccc([N+](=O)[O-])c1. The summed E-state index contributed by atoms with van der Waals surface area (Å²) in [6, 6.07) is 14.8. The van der Waals surface area contributed by atoms with Crippen LogP contribution in [0.5, 0.6) is 0 Å². The summed E-state index contributed by atoms with van der Waals surface area (Å²) in [4.78, 5) is 33.5. The lowest BCUT2D eigenvalue weighted by Crippen LogP contribution is -2.31. The first-order valence-electron chi connectivity index (χ1n) is 7.10. The lowest BCUT2D eigenvalue weighted by Gasteiger charge is -2.05. The Hall–Kier alpha value is -3.48. The monoisotopic (exact) mass is 325 g/mol. The lowest BCUT2D eigenvalue weighted by atomic mass is 10.2. The summed E-state index contributed by atoms with van der Waals surface area (Å²) in [5.74, 6) is -0.884. The fourth-order valence-corrected chi connectivity index (χ4v) is 1.86. The van der Waals surface area contributed by atoms with Crippen LogP contribution < -0.4 is 10.6 Å². The number of amides is 2. The van der Waals surface area contributed by atoms with E-state index in [2.05, 4.69) is 10.6 Å². The van der Waals surface area contributed by atoms with Crippen LogP contribution in [0.1, 0.15) is 5.56 Å². The van der Waals surface area contributed by atoms with Crippen LogP contribution in [0.15, 0.2) is 60.7 Å². The maximum atomic E-state index is 11.8. The molecule has 0 radical (unpaired) electrons. The minimum absolute atomic E-state index is 0.123. The molecule has 2 amide bonds. The van der Waals surface area contributed by atoms with E-state index >= 15 is 0 Å². The molecular weight excluding hydrogens is 310 g/mol. The Kier molecular flexibility index (Phi) is 5.79. The minimum atomic E-state index is -0.550. The number of rotatable bonds is 6. The normalized spacial score (nSPS) is 10.3. The summed E-state index contributed by atoms with van der Waals surface area (Å²) in [7, 11) is 0. The minimum Gasteiger partial charge on any atom is -0.343 e. The predicted octanol–water partition coefficient (Wildman–Crippen LogP) is 2.36. The van der Waals surface area contributed by atoms with E-state index in [0.29, 0.717) is 5.69 Å². The molecule has 0 heterocycles. The van der Waals surface area contributed by atoms with Crippen molar-refractivity contribution in [3.8, 4) is 0 Å². The molecule has 0 saturated heterocycles. The molecule has 0 atom stereocenters. The molecule has 2 N–H and O–H groups in total. The van der Waals surface area contributed by atoms with Gasteiger partial charge in [0.2, 0.25) is 11.8 Å². The Morgan fingerprint density at radius 2 is 1.83 bits per heavy atom. The number of benzene rings is 2. The average molecular weight is 325 g/mol. The quantitative estimate of drug-likeness (QED) is 0.483. The van der Waals surface area contributed by atoms with Gasteiger partial charge < -0.3 is 10.6 Å². The molecule has 122 valence electrons. The van der Waals surface area contributed by atoms with Crippen molar-refractivity contribution in [2.24, 2.45) is 0 Å². The molecule has 2 aromatic rings. The first kappa shape index (κ1) is 16.9. The molecule has 0 spiro atoms. The summed E-state index contributed by atoms with van der Waals surface area (Å²) < 4.78 is 0. The molecule has 0 bridgehead atoms. The van der Waals surface area contributed by atoms with Crippen LogP contribution in [0.2, 0.25) is 0 Å². The number of non-ortho nitro benzene ring substituents is 1. The Morgan fingerprint density at radius 3 is 2.54 bits per heavy atom. The van der Waals surface area contributed by atoms with Crippen molar-refractivity contribution in [2.75, 3.05) is 11.9 Å². The Balaban J connectivity index is 1.82. The van der Waals surface area contributed by atoms with Gasteiger partial charge in [-0.25, -0.2) is 0 Å². The number of carbonyl (C=O) groups is 2. The first-order valence-corrected chi connectivity index (χ1v) is 7.10. The number of nitrogens with one attached hydrogen (secondary N) is 2. The highest BCUT2D eigenvalue weighted by Crippen LogP contribution is 2.16. The molecular formula is C17H15N3O4. The number of nitro groups is 1. The number of anilines is 1. The number of hydrogen-bond donors (Lipinski definition) is 2. The van der Waals surface area contributed by atoms with Crippen molar-refractivity contribution in [1.29, 1.82) is 0 Å². The van der Waals surface area contributed by atoms with Gasteiger partial charge in [0.05, 0.1) is 11.5 Å². The molecule has 0 saturated carbocycles. The van der Waals surface area contributed by atoms with Gasteiger partial charge in [0.15, 0.2) is 0 Å². The second-order valence-electron chi connectivity index (χ2n) is 4.82. The standard InChI is InChI=1S/C17H15N3O4/c21-16(10-9-13-5-2-1-3-6-13)18-12-17(22)19-14-7-4-8-15(11-14)20(23)24/h1-11H,12H2,(H,18,21)(H,19,22)/b10-9+. The van der Waals surface area contributed by atoms with Crippen LogP contribution in [0, 0.1) is 10.1 Å². The zero-order valence-corrected chi connectivity index (χ0v) is 12.6. The zero-order valence-electron chi connectivity index (χ0n) is 12.6. The summed E-state index contributed by atoms with van der Waals surface area (Å²) in [5, 5.41) is 15.6. The van der Waals surface area contributed by atoms with Gasteiger partial charge in [0.25, 0.3) is 5.69 Å². The maximum absolute atomic E-state index is 11.8. The molecule has 7 heteroatoms. The second kappa shape index (κ2) is 8.23. The summed E-state index contributed by atoms with van der Waals surface area (Å²) in [6.45, 7) is -0.235. The molecule has 0 aliphatic heterocycles. The topological polar surface area (TPSA) is 101 Å². The van der Waals surface area contributed by atoms with Crippen molar-refractivity contribution in [3.63, 3.8) is 0 Å². The number of nitro benzene ring substituents is 1. The highest BCUT2D eigenvalue weighted by Gasteiger charge is 2.08. The third-order valence-corrected chi connectivity index (χ3v) is 2.99. The van der Waals surface area contributed by atoms with Crippen LogP contribution in [-0.4, -0.2) is 23.3 Å². The molecule has 0 aliphatic carbocycles. The van der Waals surface area contributed by atoms with E-state index in [1.807, 2.05) is 30.3 Å². The van der Waals surface area contributed by atoms with E-state index < -0.39 is 16.7 Å². The van der Waals surface area contributed by atoms with Crippen molar-refractivity contribution < 1.29 is 14.5 Å². The summed E-state index contributed by atoms with van der Waals surface area (Å²) in [6.07, 6.45) is 2.96. The van der Waals surface area contributed by atoms with Gasteiger partial charge in [-0.05, 0) is 17.7 Å². The highest BCUT2D eigenvalue weighted by atomic mass is 16.6. The van der Waals surface area contributed by atoms with E-state index in [-0.39, 0.29) is 12.2 Å². The number of hydrogen-bond acceptors (Lipinski definition) is 4. The molecule has 0 aliphatic rings. The molecule has 2 rings (SSSR count). The van der Waals surface area contributed by atoms with E-state index in [1.54, 1.807) is 6.08 Å². The number of carbonyl (C=O) groups excluding carboxylic acids is 2. The van der Waals surface area contributed by atoms with Crippen LogP contribution >= 0.6 is 0 Å². The van der Waals surface area contributed by atoms with Crippen LogP contribution in [0.25, 0.3) is 6.08 Å². The lowest BCUT2D eigenvalue weighted by molar-refractivity contribution is -0.384. The van der Waals surface area contributed by atoms with Crippen LogP contribution in [0.3, 0.4) is 0 Å². The molecule has 2 aromatic carbocycles. The summed E-state index contributed by atoms with van der Waals surface area (Å²) in [5.41, 5.74) is 1.04. The first-order chi connectivity index (χ1) is 11.5. The molecule has 0 unspecified atom stereocenters. The maximum Gasteiger partial charge on any atom is 0.271 e. The van der Waals surface area contributed by atoms with E-state index in [4.69, 9.17) is 0 Å². The van der Waals surface area contributed by atoms with Crippen molar-refractivity contribution in [1.82, 2.24) is 5.32 Å². The second-order valence-corrected chi connectivity index (χ2v) is 4.82. The van der Waals surface area contributed by atoms with E-state index in [0.717, 1.165) is 5.56 Å². The van der Waals surface area contributed by atoms with Gasteiger partial charge in [-0.1, -0.05) is 36.4 Å². The Bertz CT molecular complexity index is 772. The third-order valence-electron chi connectivity index (χ3n) is 2.99. The summed E-state index contributed by atoms with van der Waals surface area (Å²) >= 11 is 0. The Morgan fingerprint density at radius 1 is 1.08 bits per heavy atom. The molecule has 24 heavy (non-hydrogen) atoms. The highest BCUT2D eigenvalue weighted by molar-refractivity contribution is 5.98. The van der Waals surface area contributed by atoms with Crippen molar-refractivity contribution in [3.05, 3.63) is 76.4 Å². The fourth-order valence-electron chi connectivity index (χ4n) is 1.86. The van der Waals surface area contributed by atoms with Gasteiger partial charge in [0.1, 0.15) is 0 Å². The molecule has 0 aromatic heterocycles. The van der Waals surface area contributed by atoms with E-state index in [9.17, 15) is 19.7 Å². The van der Waals surface area contributed by atoms with Gasteiger partial charge >= 0.3 is 0 Å². The van der Waals surface area contributed by atoms with Crippen LogP contribution in [-0.2, 0) is 9.59 Å². The Labute approximate surface area is 138 Å². The predicted molar refractivity (Wildman–Crippen MR) is 90.2 cm³/mol. The van der Waals surface area contributed by atoms with Gasteiger partial charge in [-0.2, -0.15) is 0 Å². The van der Waals surface area contributed by atoms with E-state index in [1.165, 1.54) is 30.3 Å². The smallest absolute Gasteiger partial charge is 0.271 e. The largest absolute Gasteiger partial charge is 0.343 e. The van der Waals surface area contributed by atoms with Gasteiger partial charge in [-0.15, -0.1) is 0 Å². The van der Waals surface area contributed by atoms with Gasteiger partial charge in [-0.3, -0.25) is 19.7 Å².